The lowest BCUT2D eigenvalue weighted by Crippen LogP contribution is -2.49. The first-order valence-corrected chi connectivity index (χ1v) is 10.6. The fourth-order valence-corrected chi connectivity index (χ4v) is 3.59. The highest BCUT2D eigenvalue weighted by molar-refractivity contribution is 7.92. The van der Waals surface area contributed by atoms with Gasteiger partial charge in [0.2, 0.25) is 0 Å². The number of amides is 2. The molecular weight excluding hydrogens is 398 g/mol. The molecule has 0 aliphatic carbocycles. The standard InChI is InChI=1S/C19H23N3O6S/c1-19(18(25)21-26,29(3,27)28)9-11-22-10-8-15(12-16(22)23)13-4-6-14(7-5-13)17(24)20-2/h4-8,10,12,26H,9,11H2,1-3H3,(H,20,24)(H,21,25). The quantitative estimate of drug-likeness (QED) is 0.442. The molecule has 0 aliphatic heterocycles. The van der Waals surface area contributed by atoms with Crippen LogP contribution in [0.4, 0.5) is 0 Å². The van der Waals surface area contributed by atoms with Crippen LogP contribution < -0.4 is 16.4 Å². The van der Waals surface area contributed by atoms with Crippen molar-refractivity contribution in [3.05, 3.63) is 58.5 Å². The number of carbonyl (C=O) groups excluding carboxylic acids is 2. The number of nitrogens with one attached hydrogen (secondary N) is 2. The summed E-state index contributed by atoms with van der Waals surface area (Å²) in [6, 6.07) is 9.79. The Hall–Kier alpha value is -2.98. The van der Waals surface area contributed by atoms with E-state index in [2.05, 4.69) is 5.32 Å². The minimum Gasteiger partial charge on any atom is -0.355 e. The van der Waals surface area contributed by atoms with Gasteiger partial charge in [-0.25, -0.2) is 13.9 Å². The van der Waals surface area contributed by atoms with Crippen LogP contribution in [0.2, 0.25) is 0 Å². The normalized spacial score (nSPS) is 13.4. The van der Waals surface area contributed by atoms with E-state index in [4.69, 9.17) is 5.21 Å². The van der Waals surface area contributed by atoms with Crippen LogP contribution in [-0.2, 0) is 21.2 Å². The first kappa shape index (κ1) is 22.3. The highest BCUT2D eigenvalue weighted by Crippen LogP contribution is 2.22. The number of pyridine rings is 1. The first-order chi connectivity index (χ1) is 13.5. The molecule has 0 saturated carbocycles. The number of aromatic nitrogens is 1. The summed E-state index contributed by atoms with van der Waals surface area (Å²) in [6.07, 6.45) is 2.21. The average Bonchev–Trinajstić information content (AvgIpc) is 2.70. The zero-order valence-electron chi connectivity index (χ0n) is 16.3. The molecule has 1 aromatic heterocycles. The summed E-state index contributed by atoms with van der Waals surface area (Å²) in [5.41, 5.74) is 2.86. The van der Waals surface area contributed by atoms with Crippen molar-refractivity contribution in [1.29, 1.82) is 0 Å². The number of nitrogens with zero attached hydrogens (tertiary/aromatic N) is 1. The Morgan fingerprint density at radius 1 is 1.14 bits per heavy atom. The lowest BCUT2D eigenvalue weighted by molar-refractivity contribution is -0.131. The Labute approximate surface area is 168 Å². The van der Waals surface area contributed by atoms with Crippen LogP contribution in [0.1, 0.15) is 23.7 Å². The smallest absolute Gasteiger partial charge is 0.264 e. The molecule has 156 valence electrons. The molecule has 2 rings (SSSR count). The van der Waals surface area contributed by atoms with Crippen molar-refractivity contribution in [2.24, 2.45) is 0 Å². The molecule has 0 bridgehead atoms. The third-order valence-corrected chi connectivity index (χ3v) is 6.96. The summed E-state index contributed by atoms with van der Waals surface area (Å²) in [4.78, 5) is 35.9. The number of rotatable bonds is 7. The Morgan fingerprint density at radius 2 is 1.76 bits per heavy atom. The van der Waals surface area contributed by atoms with Crippen molar-refractivity contribution < 1.29 is 23.2 Å². The van der Waals surface area contributed by atoms with Gasteiger partial charge in [-0.05, 0) is 42.7 Å². The molecule has 0 fully saturated rings. The van der Waals surface area contributed by atoms with Crippen LogP contribution in [0, 0.1) is 0 Å². The van der Waals surface area contributed by atoms with Gasteiger partial charge in [0, 0.05) is 37.7 Å². The van der Waals surface area contributed by atoms with Gasteiger partial charge in [-0.15, -0.1) is 0 Å². The minimum absolute atomic E-state index is 0.0360. The lowest BCUT2D eigenvalue weighted by Gasteiger charge is -2.25. The molecule has 29 heavy (non-hydrogen) atoms. The molecule has 3 N–H and O–H groups in total. The van der Waals surface area contributed by atoms with Crippen LogP contribution in [0.3, 0.4) is 0 Å². The van der Waals surface area contributed by atoms with Crippen molar-refractivity contribution in [2.45, 2.75) is 24.6 Å². The lowest BCUT2D eigenvalue weighted by atomic mass is 10.0. The van der Waals surface area contributed by atoms with Crippen LogP contribution in [-0.4, -0.2) is 48.1 Å². The average molecular weight is 421 g/mol. The first-order valence-electron chi connectivity index (χ1n) is 8.70. The van der Waals surface area contributed by atoms with Gasteiger partial charge in [-0.2, -0.15) is 0 Å². The second-order valence-corrected chi connectivity index (χ2v) is 9.24. The summed E-state index contributed by atoms with van der Waals surface area (Å²) in [6.45, 7) is 1.16. The molecule has 0 aliphatic rings. The van der Waals surface area contributed by atoms with Gasteiger partial charge in [0.25, 0.3) is 17.4 Å². The Kier molecular flexibility index (Phi) is 6.60. The highest BCUT2D eigenvalue weighted by atomic mass is 32.2. The van der Waals surface area contributed by atoms with Crippen molar-refractivity contribution in [3.8, 4) is 11.1 Å². The van der Waals surface area contributed by atoms with E-state index in [1.807, 2.05) is 0 Å². The summed E-state index contributed by atoms with van der Waals surface area (Å²) < 4.78 is 23.4. The van der Waals surface area contributed by atoms with E-state index >= 15 is 0 Å². The zero-order chi connectivity index (χ0) is 21.8. The second-order valence-electron chi connectivity index (χ2n) is 6.80. The third kappa shape index (κ3) is 4.72. The van der Waals surface area contributed by atoms with Gasteiger partial charge in [0.05, 0.1) is 0 Å². The molecule has 2 aromatic rings. The fraction of sp³-hybridized carbons (Fsp3) is 0.316. The Balaban J connectivity index is 2.25. The van der Waals surface area contributed by atoms with E-state index in [1.165, 1.54) is 36.3 Å². The molecule has 9 nitrogen and oxygen atoms in total. The molecule has 1 atom stereocenters. The van der Waals surface area contributed by atoms with E-state index < -0.39 is 20.5 Å². The third-order valence-electron chi connectivity index (χ3n) is 4.93. The molecule has 1 aromatic carbocycles. The monoisotopic (exact) mass is 421 g/mol. The molecule has 2 amide bonds. The fourth-order valence-electron chi connectivity index (χ4n) is 2.75. The number of hydroxylamine groups is 1. The predicted molar refractivity (Wildman–Crippen MR) is 107 cm³/mol. The summed E-state index contributed by atoms with van der Waals surface area (Å²) >= 11 is 0. The number of aryl methyl sites for hydroxylation is 1. The molecule has 1 unspecified atom stereocenters. The Bertz CT molecular complexity index is 1080. The summed E-state index contributed by atoms with van der Waals surface area (Å²) in [5.74, 6) is -1.27. The van der Waals surface area contributed by atoms with Gasteiger partial charge in [-0.3, -0.25) is 19.6 Å². The SMILES string of the molecule is CNC(=O)c1ccc(-c2ccn(CCC(C)(C(=O)NO)S(C)(=O)=O)c(=O)c2)cc1. The molecular formula is C19H23N3O6S. The molecule has 0 spiro atoms. The number of benzene rings is 1. The predicted octanol–water partition coefficient (Wildman–Crippen LogP) is 0.574. The van der Waals surface area contributed by atoms with E-state index in [1.54, 1.807) is 30.3 Å². The van der Waals surface area contributed by atoms with Crippen molar-refractivity contribution in [1.82, 2.24) is 15.4 Å². The number of sulfone groups is 1. The van der Waals surface area contributed by atoms with E-state index in [-0.39, 0.29) is 24.4 Å². The van der Waals surface area contributed by atoms with Crippen LogP contribution in [0.5, 0.6) is 0 Å². The number of hydrogen-bond acceptors (Lipinski definition) is 6. The topological polar surface area (TPSA) is 135 Å². The molecule has 1 heterocycles. The maximum Gasteiger partial charge on any atom is 0.264 e. The highest BCUT2D eigenvalue weighted by Gasteiger charge is 2.43. The second kappa shape index (κ2) is 8.58. The van der Waals surface area contributed by atoms with Gasteiger partial charge >= 0.3 is 0 Å². The molecule has 10 heteroatoms. The largest absolute Gasteiger partial charge is 0.355 e. The maximum atomic E-state index is 12.4. The number of hydrogen-bond donors (Lipinski definition) is 3. The van der Waals surface area contributed by atoms with E-state index in [0.29, 0.717) is 11.1 Å². The molecule has 0 radical (unpaired) electrons. The maximum absolute atomic E-state index is 12.4. The van der Waals surface area contributed by atoms with Crippen LogP contribution >= 0.6 is 0 Å². The van der Waals surface area contributed by atoms with Crippen LogP contribution in [0.25, 0.3) is 11.1 Å². The summed E-state index contributed by atoms with van der Waals surface area (Å²) in [5, 5.41) is 11.4. The van der Waals surface area contributed by atoms with Gasteiger partial charge in [0.1, 0.15) is 0 Å². The van der Waals surface area contributed by atoms with E-state index in [9.17, 15) is 22.8 Å². The van der Waals surface area contributed by atoms with Crippen molar-refractivity contribution >= 4 is 21.7 Å². The van der Waals surface area contributed by atoms with Crippen molar-refractivity contribution in [3.63, 3.8) is 0 Å². The zero-order valence-corrected chi connectivity index (χ0v) is 17.1. The van der Waals surface area contributed by atoms with Gasteiger partial charge < -0.3 is 9.88 Å². The minimum atomic E-state index is -3.84. The number of carbonyl (C=O) groups is 2. The van der Waals surface area contributed by atoms with E-state index in [0.717, 1.165) is 11.8 Å². The van der Waals surface area contributed by atoms with Gasteiger partial charge in [-0.1, -0.05) is 12.1 Å². The van der Waals surface area contributed by atoms with Crippen LogP contribution in [0.15, 0.2) is 47.4 Å². The van der Waals surface area contributed by atoms with Gasteiger partial charge in [0.15, 0.2) is 14.6 Å². The van der Waals surface area contributed by atoms with Crippen molar-refractivity contribution in [2.75, 3.05) is 13.3 Å². The summed E-state index contributed by atoms with van der Waals surface area (Å²) in [7, 11) is -2.31. The molecule has 0 saturated heterocycles. The Morgan fingerprint density at radius 3 is 2.24 bits per heavy atom.